The molecule has 2 heterocycles. The van der Waals surface area contributed by atoms with E-state index in [0.29, 0.717) is 5.69 Å². The number of likely N-dealkylation sites (N-methyl/N-ethyl adjacent to an activating group) is 1. The van der Waals surface area contributed by atoms with Crippen molar-refractivity contribution in [2.75, 3.05) is 51.2 Å². The van der Waals surface area contributed by atoms with Crippen molar-refractivity contribution in [3.05, 3.63) is 28.7 Å². The Labute approximate surface area is 157 Å². The molecule has 2 fully saturated rings. The first-order valence-corrected chi connectivity index (χ1v) is 9.60. The fourth-order valence-corrected chi connectivity index (χ4v) is 3.57. The topological polar surface area (TPSA) is 55.9 Å². The Morgan fingerprint density at radius 3 is 2.48 bits per heavy atom. The Morgan fingerprint density at radius 2 is 1.80 bits per heavy atom. The Bertz CT molecular complexity index is 614. The second-order valence-electron chi connectivity index (χ2n) is 6.75. The Kier molecular flexibility index (Phi) is 6.22. The van der Waals surface area contributed by atoms with Gasteiger partial charge < -0.3 is 15.1 Å². The summed E-state index contributed by atoms with van der Waals surface area (Å²) in [6, 6.07) is 6.86. The molecule has 0 spiro atoms. The van der Waals surface area contributed by atoms with E-state index >= 15 is 0 Å². The first-order valence-electron chi connectivity index (χ1n) is 8.81. The monoisotopic (exact) mass is 408 g/mol. The molecule has 0 unspecified atom stereocenters. The van der Waals surface area contributed by atoms with Crippen LogP contribution in [0.2, 0.25) is 0 Å². The number of piperazine rings is 1. The zero-order valence-electron chi connectivity index (χ0n) is 14.6. The lowest BCUT2D eigenvalue weighted by Gasteiger charge is -2.32. The summed E-state index contributed by atoms with van der Waals surface area (Å²) in [5.74, 6) is -0.282. The molecule has 1 aromatic carbocycles. The molecule has 0 radical (unpaired) electrons. The van der Waals surface area contributed by atoms with E-state index in [2.05, 4.69) is 38.1 Å². The van der Waals surface area contributed by atoms with E-state index in [1.807, 2.05) is 12.1 Å². The molecule has 136 valence electrons. The van der Waals surface area contributed by atoms with Gasteiger partial charge in [-0.05, 0) is 50.8 Å². The highest BCUT2D eigenvalue weighted by Crippen LogP contribution is 2.24. The van der Waals surface area contributed by atoms with Gasteiger partial charge in [0.15, 0.2) is 0 Å². The number of amides is 2. The van der Waals surface area contributed by atoms with Crippen LogP contribution in [0.5, 0.6) is 0 Å². The van der Waals surface area contributed by atoms with Gasteiger partial charge in [0.1, 0.15) is 0 Å². The number of anilines is 1. The van der Waals surface area contributed by atoms with Crippen molar-refractivity contribution in [3.63, 3.8) is 0 Å². The van der Waals surface area contributed by atoms with Crippen LogP contribution in [0.15, 0.2) is 28.7 Å². The molecule has 2 aliphatic rings. The molecular weight excluding hydrogens is 384 g/mol. The van der Waals surface area contributed by atoms with Gasteiger partial charge >= 0.3 is 0 Å². The van der Waals surface area contributed by atoms with Gasteiger partial charge in [-0.25, -0.2) is 4.90 Å². The summed E-state index contributed by atoms with van der Waals surface area (Å²) in [7, 11) is 2.15. The van der Waals surface area contributed by atoms with Crippen molar-refractivity contribution in [1.82, 2.24) is 15.1 Å². The van der Waals surface area contributed by atoms with Gasteiger partial charge in [0.2, 0.25) is 5.91 Å². The van der Waals surface area contributed by atoms with Gasteiger partial charge in [-0.3, -0.25) is 9.59 Å². The van der Waals surface area contributed by atoms with Gasteiger partial charge in [-0.15, -0.1) is 0 Å². The lowest BCUT2D eigenvalue weighted by Crippen LogP contribution is -2.45. The number of imide groups is 1. The van der Waals surface area contributed by atoms with Gasteiger partial charge in [0.05, 0.1) is 18.2 Å². The van der Waals surface area contributed by atoms with E-state index in [1.54, 1.807) is 12.1 Å². The molecular formula is C18H25BrN4O2. The summed E-state index contributed by atoms with van der Waals surface area (Å²) in [6.07, 6.45) is 1.23. The van der Waals surface area contributed by atoms with E-state index in [1.165, 1.54) is 4.90 Å². The molecule has 1 atom stereocenters. The predicted octanol–water partition coefficient (Wildman–Crippen LogP) is 1.31. The van der Waals surface area contributed by atoms with Crippen molar-refractivity contribution >= 4 is 33.4 Å². The molecule has 2 saturated heterocycles. The van der Waals surface area contributed by atoms with E-state index in [9.17, 15) is 9.59 Å². The Hall–Kier alpha value is -1.28. The van der Waals surface area contributed by atoms with Crippen LogP contribution in [0.25, 0.3) is 0 Å². The van der Waals surface area contributed by atoms with Gasteiger partial charge in [0, 0.05) is 30.7 Å². The fourth-order valence-electron chi connectivity index (χ4n) is 3.30. The molecule has 2 aliphatic heterocycles. The third-order valence-electron chi connectivity index (χ3n) is 4.87. The Morgan fingerprint density at radius 1 is 1.12 bits per heavy atom. The highest BCUT2D eigenvalue weighted by atomic mass is 79.9. The smallest absolute Gasteiger partial charge is 0.251 e. The van der Waals surface area contributed by atoms with Crippen molar-refractivity contribution in [2.24, 2.45) is 0 Å². The zero-order chi connectivity index (χ0) is 17.8. The van der Waals surface area contributed by atoms with Gasteiger partial charge in [-0.1, -0.05) is 15.9 Å². The number of nitrogens with one attached hydrogen (secondary N) is 1. The maximum atomic E-state index is 12.5. The summed E-state index contributed by atoms with van der Waals surface area (Å²) < 4.78 is 0.925. The maximum absolute atomic E-state index is 12.5. The van der Waals surface area contributed by atoms with Crippen LogP contribution in [-0.2, 0) is 9.59 Å². The minimum Gasteiger partial charge on any atom is -0.305 e. The van der Waals surface area contributed by atoms with E-state index < -0.39 is 6.04 Å². The average Bonchev–Trinajstić information content (AvgIpc) is 2.88. The van der Waals surface area contributed by atoms with Crippen LogP contribution in [-0.4, -0.2) is 74.0 Å². The normalized spacial score (nSPS) is 22.8. The van der Waals surface area contributed by atoms with Crippen LogP contribution in [0.1, 0.15) is 12.8 Å². The molecule has 2 amide bonds. The summed E-state index contributed by atoms with van der Waals surface area (Å²) in [4.78, 5) is 30.9. The highest BCUT2D eigenvalue weighted by Gasteiger charge is 2.39. The minimum absolute atomic E-state index is 0.135. The van der Waals surface area contributed by atoms with Crippen LogP contribution < -0.4 is 10.2 Å². The number of hydrogen-bond donors (Lipinski definition) is 1. The van der Waals surface area contributed by atoms with Crippen LogP contribution in [0.3, 0.4) is 0 Å². The van der Waals surface area contributed by atoms with Gasteiger partial charge in [0.25, 0.3) is 5.91 Å². The number of nitrogens with zero attached hydrogens (tertiary/aromatic N) is 3. The number of rotatable bonds is 6. The van der Waals surface area contributed by atoms with Crippen LogP contribution in [0, 0.1) is 0 Å². The number of carbonyl (C=O) groups is 2. The Balaban J connectivity index is 1.45. The van der Waals surface area contributed by atoms with E-state index in [4.69, 9.17) is 0 Å². The lowest BCUT2D eigenvalue weighted by molar-refractivity contribution is -0.121. The number of benzene rings is 1. The standard InChI is InChI=1S/C18H25BrN4O2/c1-21-9-11-22(12-10-21)8-2-7-20-16-13-17(24)23(18(16)25)15-5-3-14(19)4-6-15/h3-6,16,20H,2,7-13H2,1H3/t16-/m1/s1. The first-order chi connectivity index (χ1) is 12.0. The second kappa shape index (κ2) is 8.40. The van der Waals surface area contributed by atoms with Crippen LogP contribution in [0.4, 0.5) is 5.69 Å². The fraction of sp³-hybridized carbons (Fsp3) is 0.556. The third-order valence-corrected chi connectivity index (χ3v) is 5.40. The SMILES string of the molecule is CN1CCN(CCCN[C@@H]2CC(=O)N(c3ccc(Br)cc3)C2=O)CC1. The zero-order valence-corrected chi connectivity index (χ0v) is 16.2. The molecule has 1 aromatic rings. The van der Waals surface area contributed by atoms with E-state index in [-0.39, 0.29) is 18.2 Å². The average molecular weight is 409 g/mol. The summed E-state index contributed by atoms with van der Waals surface area (Å²) in [6.45, 7) is 6.23. The number of carbonyl (C=O) groups excluding carboxylic acids is 2. The summed E-state index contributed by atoms with van der Waals surface area (Å²) in [5, 5.41) is 3.26. The predicted molar refractivity (Wildman–Crippen MR) is 102 cm³/mol. The largest absolute Gasteiger partial charge is 0.305 e. The maximum Gasteiger partial charge on any atom is 0.251 e. The van der Waals surface area contributed by atoms with E-state index in [0.717, 1.165) is 50.2 Å². The molecule has 7 heteroatoms. The molecule has 0 saturated carbocycles. The second-order valence-corrected chi connectivity index (χ2v) is 7.67. The van der Waals surface area contributed by atoms with Crippen molar-refractivity contribution in [2.45, 2.75) is 18.9 Å². The number of hydrogen-bond acceptors (Lipinski definition) is 5. The minimum atomic E-state index is -0.399. The summed E-state index contributed by atoms with van der Waals surface area (Å²) >= 11 is 3.37. The molecule has 25 heavy (non-hydrogen) atoms. The first kappa shape index (κ1) is 18.5. The summed E-state index contributed by atoms with van der Waals surface area (Å²) in [5.41, 5.74) is 0.639. The molecule has 1 N–H and O–H groups in total. The number of halogens is 1. The van der Waals surface area contributed by atoms with Gasteiger partial charge in [-0.2, -0.15) is 0 Å². The third kappa shape index (κ3) is 4.67. The van der Waals surface area contributed by atoms with Crippen LogP contribution >= 0.6 is 15.9 Å². The highest BCUT2D eigenvalue weighted by molar-refractivity contribution is 9.10. The van der Waals surface area contributed by atoms with Crippen molar-refractivity contribution in [1.29, 1.82) is 0 Å². The quantitative estimate of drug-likeness (QED) is 0.567. The molecule has 0 aliphatic carbocycles. The molecule has 0 aromatic heterocycles. The van der Waals surface area contributed by atoms with Crippen molar-refractivity contribution < 1.29 is 9.59 Å². The molecule has 6 nitrogen and oxygen atoms in total. The van der Waals surface area contributed by atoms with Crippen molar-refractivity contribution in [3.8, 4) is 0 Å². The molecule has 0 bridgehead atoms. The lowest BCUT2D eigenvalue weighted by atomic mass is 10.2. The molecule has 3 rings (SSSR count).